The molecule has 2 aromatic carbocycles. The van der Waals surface area contributed by atoms with Gasteiger partial charge in [0.2, 0.25) is 0 Å². The second-order valence-corrected chi connectivity index (χ2v) is 5.66. The highest BCUT2D eigenvalue weighted by Gasteiger charge is 2.21. The maximum atomic E-state index is 9.31. The van der Waals surface area contributed by atoms with Gasteiger partial charge in [0.15, 0.2) is 0 Å². The molecule has 0 bridgehead atoms. The molecule has 0 spiro atoms. The van der Waals surface area contributed by atoms with Gasteiger partial charge in [-0.05, 0) is 30.7 Å². The van der Waals surface area contributed by atoms with Gasteiger partial charge >= 0.3 is 0 Å². The molecule has 22 heavy (non-hydrogen) atoms. The Kier molecular flexibility index (Phi) is 5.08. The van der Waals surface area contributed by atoms with E-state index in [1.165, 1.54) is 0 Å². The van der Waals surface area contributed by atoms with Crippen LogP contribution in [0.25, 0.3) is 21.9 Å². The van der Waals surface area contributed by atoms with Gasteiger partial charge in [-0.1, -0.05) is 24.3 Å². The normalized spacial score (nSPS) is 11.8. The Balaban J connectivity index is 0.00000176. The van der Waals surface area contributed by atoms with Crippen molar-refractivity contribution in [3.05, 3.63) is 48.0 Å². The molecule has 5 heteroatoms. The number of benzene rings is 2. The summed E-state index contributed by atoms with van der Waals surface area (Å²) in [4.78, 5) is 0. The fourth-order valence-corrected chi connectivity index (χ4v) is 2.36. The number of para-hydroxylation sites is 1. The molecule has 1 heterocycles. The summed E-state index contributed by atoms with van der Waals surface area (Å²) >= 11 is 0. The summed E-state index contributed by atoms with van der Waals surface area (Å²) in [6, 6.07) is 14.0. The second-order valence-electron chi connectivity index (χ2n) is 5.66. The van der Waals surface area contributed by atoms with Crippen molar-refractivity contribution in [2.24, 2.45) is 0 Å². The first kappa shape index (κ1) is 16.8. The highest BCUT2D eigenvalue weighted by molar-refractivity contribution is 6.04. The summed E-state index contributed by atoms with van der Waals surface area (Å²) in [5.74, 6) is 0. The van der Waals surface area contributed by atoms with Crippen molar-refractivity contribution in [3.8, 4) is 0 Å². The van der Waals surface area contributed by atoms with Crippen LogP contribution >= 0.6 is 12.4 Å². The smallest absolute Gasteiger partial charge is 0.135 e. The lowest BCUT2D eigenvalue weighted by atomic mass is 10.0. The summed E-state index contributed by atoms with van der Waals surface area (Å²) in [6.07, 6.45) is 0. The Morgan fingerprint density at radius 2 is 1.68 bits per heavy atom. The third kappa shape index (κ3) is 3.10. The number of aliphatic hydroxyl groups excluding tert-OH is 2. The molecule has 0 unspecified atom stereocenters. The lowest BCUT2D eigenvalue weighted by molar-refractivity contribution is 0.103. The van der Waals surface area contributed by atoms with E-state index in [9.17, 15) is 10.2 Å². The first-order valence-electron chi connectivity index (χ1n) is 7.02. The Morgan fingerprint density at radius 3 is 2.41 bits per heavy atom. The number of aliphatic hydroxyl groups is 2. The van der Waals surface area contributed by atoms with Gasteiger partial charge in [-0.2, -0.15) is 0 Å². The van der Waals surface area contributed by atoms with Gasteiger partial charge in [-0.3, -0.25) is 0 Å². The van der Waals surface area contributed by atoms with Gasteiger partial charge in [-0.25, -0.2) is 0 Å². The summed E-state index contributed by atoms with van der Waals surface area (Å²) in [5, 5.41) is 24.0. The molecule has 0 aliphatic heterocycles. The molecule has 0 amide bonds. The van der Waals surface area contributed by atoms with E-state index in [0.29, 0.717) is 6.54 Å². The van der Waals surface area contributed by atoms with Crippen LogP contribution in [0.15, 0.2) is 46.9 Å². The molecule has 4 nitrogen and oxygen atoms in total. The zero-order valence-corrected chi connectivity index (χ0v) is 13.2. The Hall–Kier alpha value is -1.59. The van der Waals surface area contributed by atoms with Crippen molar-refractivity contribution in [1.82, 2.24) is 5.32 Å². The van der Waals surface area contributed by atoms with Gasteiger partial charge in [0.25, 0.3) is 0 Å². The molecule has 3 rings (SSSR count). The fraction of sp³-hybridized carbons (Fsp3) is 0.294. The average Bonchev–Trinajstić information content (AvgIpc) is 2.90. The first-order chi connectivity index (χ1) is 10.1. The number of rotatable bonds is 5. The number of furan rings is 1. The Bertz CT molecular complexity index is 765. The largest absolute Gasteiger partial charge is 0.456 e. The van der Waals surface area contributed by atoms with E-state index in [1.54, 1.807) is 6.92 Å². The van der Waals surface area contributed by atoms with Crippen molar-refractivity contribution in [1.29, 1.82) is 0 Å². The zero-order chi connectivity index (χ0) is 14.9. The molecule has 3 aromatic rings. The minimum atomic E-state index is -0.673. The Labute approximate surface area is 135 Å². The van der Waals surface area contributed by atoms with Crippen LogP contribution in [0.1, 0.15) is 12.5 Å². The van der Waals surface area contributed by atoms with Crippen molar-refractivity contribution < 1.29 is 14.6 Å². The monoisotopic (exact) mass is 321 g/mol. The van der Waals surface area contributed by atoms with Crippen LogP contribution in [0, 0.1) is 0 Å². The molecule has 0 atom stereocenters. The highest BCUT2D eigenvalue weighted by atomic mass is 35.5. The Morgan fingerprint density at radius 1 is 1.00 bits per heavy atom. The summed E-state index contributed by atoms with van der Waals surface area (Å²) < 4.78 is 5.79. The summed E-state index contributed by atoms with van der Waals surface area (Å²) in [6.45, 7) is 2.15. The lowest BCUT2D eigenvalue weighted by Crippen LogP contribution is -2.48. The number of halogens is 1. The summed E-state index contributed by atoms with van der Waals surface area (Å²) in [5.41, 5.74) is 2.16. The molecule has 0 saturated carbocycles. The second kappa shape index (κ2) is 6.67. The molecule has 118 valence electrons. The minimum Gasteiger partial charge on any atom is -0.456 e. The quantitative estimate of drug-likeness (QED) is 0.676. The number of hydrogen-bond donors (Lipinski definition) is 3. The van der Waals surface area contributed by atoms with Crippen molar-refractivity contribution in [3.63, 3.8) is 0 Å². The van der Waals surface area contributed by atoms with Crippen molar-refractivity contribution in [2.45, 2.75) is 19.0 Å². The fourth-order valence-electron chi connectivity index (χ4n) is 2.36. The number of nitrogens with one attached hydrogen (secondary N) is 1. The summed E-state index contributed by atoms with van der Waals surface area (Å²) in [7, 11) is 0. The van der Waals surface area contributed by atoms with Crippen LogP contribution < -0.4 is 5.32 Å². The van der Waals surface area contributed by atoms with E-state index < -0.39 is 5.54 Å². The van der Waals surface area contributed by atoms with Crippen molar-refractivity contribution >= 4 is 34.3 Å². The molecule has 0 aliphatic carbocycles. The van der Waals surface area contributed by atoms with Crippen molar-refractivity contribution in [2.75, 3.05) is 13.2 Å². The lowest BCUT2D eigenvalue weighted by Gasteiger charge is -2.26. The molecule has 0 radical (unpaired) electrons. The molecule has 0 aliphatic rings. The van der Waals surface area contributed by atoms with Gasteiger partial charge in [0.1, 0.15) is 11.2 Å². The number of fused-ring (bicyclic) bond motifs is 3. The standard InChI is InChI=1S/C17H19NO3.ClH/c1-17(10-19,11-20)18-9-12-6-7-16-14(8-12)13-4-2-3-5-15(13)21-16;/h2-8,18-20H,9-11H2,1H3;1H. The van der Waals surface area contributed by atoms with Crippen LogP contribution in [0.4, 0.5) is 0 Å². The predicted octanol–water partition coefficient (Wildman–Crippen LogP) is 2.84. The van der Waals surface area contributed by atoms with Gasteiger partial charge in [-0.15, -0.1) is 12.4 Å². The SMILES string of the molecule is CC(CO)(CO)NCc1ccc2oc3ccccc3c2c1.Cl. The maximum absolute atomic E-state index is 9.31. The van der Waals surface area contributed by atoms with Gasteiger partial charge < -0.3 is 19.9 Å². The van der Waals surface area contributed by atoms with E-state index in [2.05, 4.69) is 11.4 Å². The van der Waals surface area contributed by atoms with E-state index in [4.69, 9.17) is 4.42 Å². The van der Waals surface area contributed by atoms with E-state index in [0.717, 1.165) is 27.5 Å². The van der Waals surface area contributed by atoms with E-state index in [1.807, 2.05) is 36.4 Å². The van der Waals surface area contributed by atoms with E-state index >= 15 is 0 Å². The topological polar surface area (TPSA) is 65.6 Å². The van der Waals surface area contributed by atoms with E-state index in [-0.39, 0.29) is 25.6 Å². The minimum absolute atomic E-state index is 0. The highest BCUT2D eigenvalue weighted by Crippen LogP contribution is 2.29. The predicted molar refractivity (Wildman–Crippen MR) is 90.4 cm³/mol. The molecule has 3 N–H and O–H groups in total. The molecular formula is C17H20ClNO3. The van der Waals surface area contributed by atoms with Crippen LogP contribution in [0.5, 0.6) is 0 Å². The molecular weight excluding hydrogens is 302 g/mol. The third-order valence-electron chi connectivity index (χ3n) is 3.86. The van der Waals surface area contributed by atoms with Crippen LogP contribution in [-0.4, -0.2) is 29.0 Å². The van der Waals surface area contributed by atoms with Crippen LogP contribution in [-0.2, 0) is 6.54 Å². The third-order valence-corrected chi connectivity index (χ3v) is 3.86. The molecule has 0 fully saturated rings. The molecule has 0 saturated heterocycles. The first-order valence-corrected chi connectivity index (χ1v) is 7.02. The maximum Gasteiger partial charge on any atom is 0.135 e. The zero-order valence-electron chi connectivity index (χ0n) is 12.4. The number of hydrogen-bond acceptors (Lipinski definition) is 4. The molecule has 1 aromatic heterocycles. The van der Waals surface area contributed by atoms with Crippen LogP contribution in [0.3, 0.4) is 0 Å². The van der Waals surface area contributed by atoms with Crippen LogP contribution in [0.2, 0.25) is 0 Å². The van der Waals surface area contributed by atoms with Gasteiger partial charge in [0, 0.05) is 17.3 Å². The average molecular weight is 322 g/mol. The van der Waals surface area contributed by atoms with Gasteiger partial charge in [0.05, 0.1) is 18.8 Å².